The van der Waals surface area contributed by atoms with Crippen LogP contribution in [-0.4, -0.2) is 39.1 Å². The third-order valence-corrected chi connectivity index (χ3v) is 3.76. The fourth-order valence-electron chi connectivity index (χ4n) is 1.23. The molecule has 0 amide bonds. The summed E-state index contributed by atoms with van der Waals surface area (Å²) in [6, 6.07) is 4.47. The second-order valence-electron chi connectivity index (χ2n) is 3.34. The summed E-state index contributed by atoms with van der Waals surface area (Å²) in [7, 11) is -2.23. The Hall–Kier alpha value is -0.980. The highest BCUT2D eigenvalue weighted by atomic mass is 32.2. The molecule has 0 aliphatic rings. The van der Waals surface area contributed by atoms with E-state index in [0.717, 1.165) is 12.1 Å². The largest absolute Gasteiger partial charge is 0.390 e. The highest BCUT2D eigenvalue weighted by molar-refractivity contribution is 7.91. The lowest BCUT2D eigenvalue weighted by molar-refractivity contribution is 0.0783. The quantitative estimate of drug-likeness (QED) is 0.775. The Morgan fingerprint density at radius 3 is 2.44 bits per heavy atom. The Bertz CT molecular complexity index is 427. The summed E-state index contributed by atoms with van der Waals surface area (Å²) < 4.78 is 40.6. The van der Waals surface area contributed by atoms with E-state index in [2.05, 4.69) is 4.74 Å². The van der Waals surface area contributed by atoms with Crippen LogP contribution in [0.25, 0.3) is 0 Å². The fraction of sp³-hybridized carbons (Fsp3) is 0.400. The molecule has 0 saturated carbocycles. The van der Waals surface area contributed by atoms with Crippen LogP contribution in [0.5, 0.6) is 0 Å². The normalized spacial score (nSPS) is 13.7. The zero-order chi connectivity index (χ0) is 12.2. The number of sulfone groups is 1. The highest BCUT2D eigenvalue weighted by Crippen LogP contribution is 2.12. The number of aliphatic hydroxyl groups excluding tert-OH is 1. The van der Waals surface area contributed by atoms with Gasteiger partial charge in [0.25, 0.3) is 0 Å². The molecule has 0 fully saturated rings. The molecule has 0 radical (unpaired) electrons. The molecule has 6 heteroatoms. The van der Waals surface area contributed by atoms with Gasteiger partial charge in [-0.3, -0.25) is 0 Å². The molecule has 4 nitrogen and oxygen atoms in total. The first kappa shape index (κ1) is 13.1. The summed E-state index contributed by atoms with van der Waals surface area (Å²) in [4.78, 5) is -0.0101. The number of hydrogen-bond donors (Lipinski definition) is 1. The second kappa shape index (κ2) is 5.38. The fourth-order valence-corrected chi connectivity index (χ4v) is 2.58. The number of ether oxygens (including phenoxy) is 1. The van der Waals surface area contributed by atoms with Crippen LogP contribution in [0.4, 0.5) is 4.39 Å². The molecule has 1 N–H and O–H groups in total. The molecule has 1 atom stereocenters. The van der Waals surface area contributed by atoms with Gasteiger partial charge < -0.3 is 9.84 Å². The molecule has 0 aliphatic carbocycles. The van der Waals surface area contributed by atoms with Gasteiger partial charge in [0.2, 0.25) is 0 Å². The Balaban J connectivity index is 2.82. The molecule has 0 heterocycles. The maximum Gasteiger partial charge on any atom is 0.181 e. The molecular weight excluding hydrogens is 235 g/mol. The van der Waals surface area contributed by atoms with Crippen LogP contribution in [0.1, 0.15) is 0 Å². The molecule has 0 aromatic heterocycles. The molecule has 1 unspecified atom stereocenters. The zero-order valence-electron chi connectivity index (χ0n) is 8.76. The van der Waals surface area contributed by atoms with Gasteiger partial charge in [0.05, 0.1) is 23.4 Å². The van der Waals surface area contributed by atoms with E-state index in [1.54, 1.807) is 0 Å². The molecule has 0 saturated heterocycles. The Kier molecular flexibility index (Phi) is 4.40. The number of methoxy groups -OCH3 is 1. The third-order valence-electron chi connectivity index (χ3n) is 1.94. The lowest BCUT2D eigenvalue weighted by Crippen LogP contribution is -2.25. The minimum absolute atomic E-state index is 0.0101. The van der Waals surface area contributed by atoms with Crippen LogP contribution in [-0.2, 0) is 14.6 Å². The van der Waals surface area contributed by atoms with E-state index in [1.165, 1.54) is 19.2 Å². The van der Waals surface area contributed by atoms with Crippen molar-refractivity contribution in [3.8, 4) is 0 Å². The van der Waals surface area contributed by atoms with Crippen LogP contribution >= 0.6 is 0 Å². The number of rotatable bonds is 5. The summed E-state index contributed by atoms with van der Waals surface area (Å²) in [5.41, 5.74) is 0. The van der Waals surface area contributed by atoms with Crippen LogP contribution in [0.3, 0.4) is 0 Å². The van der Waals surface area contributed by atoms with Gasteiger partial charge in [-0.1, -0.05) is 0 Å². The van der Waals surface area contributed by atoms with Crippen molar-refractivity contribution >= 4 is 9.84 Å². The predicted molar refractivity (Wildman–Crippen MR) is 56.3 cm³/mol. The first-order valence-corrected chi connectivity index (χ1v) is 6.26. The van der Waals surface area contributed by atoms with Crippen molar-refractivity contribution in [1.82, 2.24) is 0 Å². The minimum atomic E-state index is -3.60. The zero-order valence-corrected chi connectivity index (χ0v) is 9.58. The number of benzene rings is 1. The van der Waals surface area contributed by atoms with Gasteiger partial charge in [-0.25, -0.2) is 12.8 Å². The van der Waals surface area contributed by atoms with Gasteiger partial charge >= 0.3 is 0 Å². The van der Waals surface area contributed by atoms with Gasteiger partial charge in [0.15, 0.2) is 9.84 Å². The van der Waals surface area contributed by atoms with E-state index >= 15 is 0 Å². The van der Waals surface area contributed by atoms with Crippen LogP contribution in [0.15, 0.2) is 29.2 Å². The number of halogens is 1. The van der Waals surface area contributed by atoms with E-state index in [0.29, 0.717) is 0 Å². The lowest BCUT2D eigenvalue weighted by atomic mass is 10.4. The molecule has 0 bridgehead atoms. The SMILES string of the molecule is COCC(O)CS(=O)(=O)c1ccc(F)cc1. The minimum Gasteiger partial charge on any atom is -0.390 e. The van der Waals surface area contributed by atoms with Crippen molar-refractivity contribution in [3.05, 3.63) is 30.1 Å². The molecular formula is C10H13FO4S. The monoisotopic (exact) mass is 248 g/mol. The first-order chi connectivity index (χ1) is 7.45. The highest BCUT2D eigenvalue weighted by Gasteiger charge is 2.19. The average Bonchev–Trinajstić information content (AvgIpc) is 2.17. The molecule has 1 aromatic rings. The maximum absolute atomic E-state index is 12.6. The van der Waals surface area contributed by atoms with E-state index in [-0.39, 0.29) is 11.5 Å². The predicted octanol–water partition coefficient (Wildman–Crippen LogP) is 0.607. The van der Waals surface area contributed by atoms with E-state index in [4.69, 9.17) is 0 Å². The van der Waals surface area contributed by atoms with Crippen molar-refractivity contribution in [3.63, 3.8) is 0 Å². The Morgan fingerprint density at radius 1 is 1.38 bits per heavy atom. The van der Waals surface area contributed by atoms with Crippen molar-refractivity contribution < 1.29 is 22.7 Å². The van der Waals surface area contributed by atoms with Gasteiger partial charge in [0, 0.05) is 7.11 Å². The molecule has 90 valence electrons. The molecule has 1 aromatic carbocycles. The Labute approximate surface area is 93.6 Å². The summed E-state index contributed by atoms with van der Waals surface area (Å²) in [5, 5.41) is 9.32. The summed E-state index contributed by atoms with van der Waals surface area (Å²) in [5.74, 6) is -0.941. The molecule has 1 rings (SSSR count). The van der Waals surface area contributed by atoms with Gasteiger partial charge in [-0.15, -0.1) is 0 Å². The summed E-state index contributed by atoms with van der Waals surface area (Å²) in [6.45, 7) is -0.0551. The van der Waals surface area contributed by atoms with Crippen molar-refractivity contribution in [1.29, 1.82) is 0 Å². The smallest absolute Gasteiger partial charge is 0.181 e. The summed E-state index contributed by atoms with van der Waals surface area (Å²) >= 11 is 0. The van der Waals surface area contributed by atoms with Crippen LogP contribution in [0, 0.1) is 5.82 Å². The van der Waals surface area contributed by atoms with Crippen molar-refractivity contribution in [2.75, 3.05) is 19.5 Å². The van der Waals surface area contributed by atoms with Gasteiger partial charge in [-0.05, 0) is 24.3 Å². The first-order valence-electron chi connectivity index (χ1n) is 4.61. The van der Waals surface area contributed by atoms with E-state index in [9.17, 15) is 17.9 Å². The van der Waals surface area contributed by atoms with Crippen molar-refractivity contribution in [2.45, 2.75) is 11.0 Å². The molecule has 0 spiro atoms. The second-order valence-corrected chi connectivity index (χ2v) is 5.38. The Morgan fingerprint density at radius 2 is 1.94 bits per heavy atom. The topological polar surface area (TPSA) is 63.6 Å². The van der Waals surface area contributed by atoms with E-state index in [1.807, 2.05) is 0 Å². The number of aliphatic hydroxyl groups is 1. The third kappa shape index (κ3) is 3.55. The number of hydrogen-bond acceptors (Lipinski definition) is 4. The summed E-state index contributed by atoms with van der Waals surface area (Å²) in [6.07, 6.45) is -1.08. The van der Waals surface area contributed by atoms with Crippen molar-refractivity contribution in [2.24, 2.45) is 0 Å². The van der Waals surface area contributed by atoms with Gasteiger partial charge in [0.1, 0.15) is 5.82 Å². The van der Waals surface area contributed by atoms with Crippen LogP contribution < -0.4 is 0 Å². The molecule has 16 heavy (non-hydrogen) atoms. The standard InChI is InChI=1S/C10H13FO4S/c1-15-6-9(12)7-16(13,14)10-4-2-8(11)3-5-10/h2-5,9,12H,6-7H2,1H3. The average molecular weight is 248 g/mol. The lowest BCUT2D eigenvalue weighted by Gasteiger charge is -2.09. The van der Waals surface area contributed by atoms with Crippen LogP contribution in [0.2, 0.25) is 0 Å². The molecule has 0 aliphatic heterocycles. The van der Waals surface area contributed by atoms with E-state index < -0.39 is 27.5 Å². The maximum atomic E-state index is 12.6. The van der Waals surface area contributed by atoms with Gasteiger partial charge in [-0.2, -0.15) is 0 Å².